The van der Waals surface area contributed by atoms with Crippen LogP contribution in [0.5, 0.6) is 0 Å². The van der Waals surface area contributed by atoms with Gasteiger partial charge in [-0.05, 0) is 6.08 Å². The van der Waals surface area contributed by atoms with E-state index in [4.69, 9.17) is 0 Å². The Morgan fingerprint density at radius 1 is 1.90 bits per heavy atom. The van der Waals surface area contributed by atoms with Gasteiger partial charge in [-0.25, -0.2) is 9.80 Å². The zero-order valence-corrected chi connectivity index (χ0v) is 5.53. The van der Waals surface area contributed by atoms with E-state index in [9.17, 15) is 4.79 Å². The van der Waals surface area contributed by atoms with E-state index in [1.54, 1.807) is 6.08 Å². The number of hydrogen-bond acceptors (Lipinski definition) is 4. The van der Waals surface area contributed by atoms with Gasteiger partial charge in [-0.1, -0.05) is 5.59 Å². The van der Waals surface area contributed by atoms with Crippen LogP contribution in [0.2, 0.25) is 0 Å². The molecule has 0 saturated carbocycles. The van der Waals surface area contributed by atoms with Gasteiger partial charge in [0, 0.05) is 0 Å². The van der Waals surface area contributed by atoms with Gasteiger partial charge < -0.3 is 9.57 Å². The number of carbonyl (C=O) groups excluding carboxylic acids is 1. The van der Waals surface area contributed by atoms with Crippen molar-refractivity contribution in [2.75, 3.05) is 13.7 Å². The molecule has 5 nitrogen and oxygen atoms in total. The summed E-state index contributed by atoms with van der Waals surface area (Å²) >= 11 is 0. The fourth-order valence-corrected chi connectivity index (χ4v) is 0.550. The molecule has 0 aromatic heterocycles. The minimum atomic E-state index is -0.468. The van der Waals surface area contributed by atoms with Gasteiger partial charge in [0.2, 0.25) is 0 Å². The SMILES string of the molecule is COC(=O)N1CC=CON1. The van der Waals surface area contributed by atoms with Crippen molar-refractivity contribution in [3.8, 4) is 0 Å². The summed E-state index contributed by atoms with van der Waals surface area (Å²) < 4.78 is 4.40. The Balaban J connectivity index is 2.41. The standard InChI is InChI=1S/C5H8N2O3/c1-9-5(8)7-3-2-4-10-6-7/h2,4,6H,3H2,1H3. The first-order valence-corrected chi connectivity index (χ1v) is 2.76. The van der Waals surface area contributed by atoms with Gasteiger partial charge in [-0.3, -0.25) is 0 Å². The molecule has 0 unspecified atom stereocenters. The molecule has 0 aliphatic carbocycles. The summed E-state index contributed by atoms with van der Waals surface area (Å²) in [6, 6.07) is 0. The fourth-order valence-electron chi connectivity index (χ4n) is 0.550. The predicted octanol–water partition coefficient (Wildman–Crippen LogP) is 0.0183. The highest BCUT2D eigenvalue weighted by molar-refractivity contribution is 5.66. The van der Waals surface area contributed by atoms with Gasteiger partial charge in [0.1, 0.15) is 6.26 Å². The minimum absolute atomic E-state index is 0.451. The average molecular weight is 144 g/mol. The Labute approximate surface area is 58.1 Å². The van der Waals surface area contributed by atoms with E-state index < -0.39 is 6.09 Å². The molecular formula is C5H8N2O3. The zero-order chi connectivity index (χ0) is 7.40. The van der Waals surface area contributed by atoms with Crippen LogP contribution >= 0.6 is 0 Å². The Kier molecular flexibility index (Phi) is 2.11. The van der Waals surface area contributed by atoms with Crippen LogP contribution in [0.15, 0.2) is 12.3 Å². The highest BCUT2D eigenvalue weighted by Gasteiger charge is 2.13. The van der Waals surface area contributed by atoms with E-state index in [1.165, 1.54) is 18.4 Å². The van der Waals surface area contributed by atoms with Gasteiger partial charge in [-0.15, -0.1) is 0 Å². The van der Waals surface area contributed by atoms with E-state index in [1.807, 2.05) is 0 Å². The molecule has 0 spiro atoms. The number of methoxy groups -OCH3 is 1. The summed E-state index contributed by atoms with van der Waals surface area (Å²) in [4.78, 5) is 15.3. The first-order chi connectivity index (χ1) is 4.84. The lowest BCUT2D eigenvalue weighted by molar-refractivity contribution is -0.0303. The summed E-state index contributed by atoms with van der Waals surface area (Å²) in [5.74, 6) is 0. The largest absolute Gasteiger partial charge is 0.452 e. The maximum Gasteiger partial charge on any atom is 0.426 e. The van der Waals surface area contributed by atoms with Crippen molar-refractivity contribution >= 4 is 6.09 Å². The summed E-state index contributed by atoms with van der Waals surface area (Å²) in [6.07, 6.45) is 2.68. The number of rotatable bonds is 0. The molecule has 1 N–H and O–H groups in total. The molecule has 1 amide bonds. The molecule has 0 atom stereocenters. The Morgan fingerprint density at radius 2 is 2.70 bits per heavy atom. The van der Waals surface area contributed by atoms with Gasteiger partial charge in [0.05, 0.1) is 13.7 Å². The lowest BCUT2D eigenvalue weighted by Gasteiger charge is -2.21. The molecule has 0 radical (unpaired) electrons. The molecule has 56 valence electrons. The van der Waals surface area contributed by atoms with Crippen molar-refractivity contribution in [2.24, 2.45) is 0 Å². The van der Waals surface area contributed by atoms with E-state index in [-0.39, 0.29) is 0 Å². The molecule has 10 heavy (non-hydrogen) atoms. The molecule has 0 aromatic rings. The molecule has 1 heterocycles. The van der Waals surface area contributed by atoms with E-state index in [2.05, 4.69) is 15.2 Å². The van der Waals surface area contributed by atoms with Gasteiger partial charge in [0.15, 0.2) is 0 Å². The van der Waals surface area contributed by atoms with Crippen LogP contribution in [-0.4, -0.2) is 24.8 Å². The summed E-state index contributed by atoms with van der Waals surface area (Å²) in [5, 5.41) is 1.19. The molecule has 5 heteroatoms. The van der Waals surface area contributed by atoms with E-state index >= 15 is 0 Å². The van der Waals surface area contributed by atoms with Crippen molar-refractivity contribution < 1.29 is 14.4 Å². The third kappa shape index (κ3) is 1.38. The van der Waals surface area contributed by atoms with Gasteiger partial charge >= 0.3 is 6.09 Å². The van der Waals surface area contributed by atoms with Crippen molar-refractivity contribution in [1.29, 1.82) is 0 Å². The zero-order valence-electron chi connectivity index (χ0n) is 5.53. The molecule has 0 bridgehead atoms. The highest BCUT2D eigenvalue weighted by Crippen LogP contribution is 1.93. The number of nitrogens with zero attached hydrogens (tertiary/aromatic N) is 1. The van der Waals surface area contributed by atoms with Gasteiger partial charge in [-0.2, -0.15) is 0 Å². The second-order valence-electron chi connectivity index (χ2n) is 1.66. The third-order valence-corrected chi connectivity index (χ3v) is 1.01. The predicted molar refractivity (Wildman–Crippen MR) is 32.5 cm³/mol. The van der Waals surface area contributed by atoms with E-state index in [0.29, 0.717) is 6.54 Å². The second kappa shape index (κ2) is 3.07. The van der Waals surface area contributed by atoms with Crippen LogP contribution in [0.1, 0.15) is 0 Å². The number of hydrazine groups is 1. The monoisotopic (exact) mass is 144 g/mol. The van der Waals surface area contributed by atoms with Crippen molar-refractivity contribution in [3.63, 3.8) is 0 Å². The number of carbonyl (C=O) groups is 1. The highest BCUT2D eigenvalue weighted by atomic mass is 16.7. The normalized spacial score (nSPS) is 16.3. The van der Waals surface area contributed by atoms with Crippen molar-refractivity contribution in [2.45, 2.75) is 0 Å². The lowest BCUT2D eigenvalue weighted by atomic mass is 10.6. The lowest BCUT2D eigenvalue weighted by Crippen LogP contribution is -2.43. The van der Waals surface area contributed by atoms with Crippen molar-refractivity contribution in [1.82, 2.24) is 10.6 Å². The number of ether oxygens (including phenoxy) is 1. The van der Waals surface area contributed by atoms with Crippen LogP contribution in [0.3, 0.4) is 0 Å². The number of amides is 1. The van der Waals surface area contributed by atoms with Crippen LogP contribution in [-0.2, 0) is 9.57 Å². The fraction of sp³-hybridized carbons (Fsp3) is 0.400. The molecule has 0 fully saturated rings. The maximum atomic E-state index is 10.7. The second-order valence-corrected chi connectivity index (χ2v) is 1.66. The molecule has 1 aliphatic heterocycles. The average Bonchev–Trinajstić information content (AvgIpc) is 2.05. The Hall–Kier alpha value is -1.23. The summed E-state index contributed by atoms with van der Waals surface area (Å²) in [7, 11) is 1.31. The quantitative estimate of drug-likeness (QED) is 0.520. The first-order valence-electron chi connectivity index (χ1n) is 2.76. The smallest absolute Gasteiger partial charge is 0.426 e. The molecule has 1 aliphatic rings. The van der Waals surface area contributed by atoms with Crippen LogP contribution < -0.4 is 5.59 Å². The topological polar surface area (TPSA) is 50.8 Å². The number of nitrogens with one attached hydrogen (secondary N) is 1. The maximum absolute atomic E-state index is 10.7. The van der Waals surface area contributed by atoms with Crippen molar-refractivity contribution in [3.05, 3.63) is 12.3 Å². The summed E-state index contributed by atoms with van der Waals surface area (Å²) in [5.41, 5.74) is 2.34. The first kappa shape index (κ1) is 6.88. The van der Waals surface area contributed by atoms with Gasteiger partial charge in [0.25, 0.3) is 0 Å². The molecule has 0 saturated heterocycles. The minimum Gasteiger partial charge on any atom is -0.452 e. The van der Waals surface area contributed by atoms with E-state index in [0.717, 1.165) is 0 Å². The molecular weight excluding hydrogens is 136 g/mol. The Morgan fingerprint density at radius 3 is 3.20 bits per heavy atom. The number of hydrogen-bond donors (Lipinski definition) is 1. The molecule has 0 aromatic carbocycles. The summed E-state index contributed by atoms with van der Waals surface area (Å²) in [6.45, 7) is 0.451. The third-order valence-electron chi connectivity index (χ3n) is 1.01. The van der Waals surface area contributed by atoms with Crippen LogP contribution in [0, 0.1) is 0 Å². The van der Waals surface area contributed by atoms with Crippen LogP contribution in [0.25, 0.3) is 0 Å². The molecule has 1 rings (SSSR count). The Bertz CT molecular complexity index is 157. The van der Waals surface area contributed by atoms with Crippen LogP contribution in [0.4, 0.5) is 4.79 Å².